The SMILES string of the molecule is O=S(=O)(Nc1cc(Cl)ccc1Cl)c1cccnc1Cl. The lowest BCUT2D eigenvalue weighted by Gasteiger charge is -2.10. The zero-order valence-electron chi connectivity index (χ0n) is 9.27. The lowest BCUT2D eigenvalue weighted by Crippen LogP contribution is -2.14. The van der Waals surface area contributed by atoms with Crippen LogP contribution in [0, 0.1) is 0 Å². The average Bonchev–Trinajstić information content (AvgIpc) is 2.34. The van der Waals surface area contributed by atoms with Gasteiger partial charge >= 0.3 is 0 Å². The standard InChI is InChI=1S/C11H7Cl3N2O2S/c12-7-3-4-8(13)9(6-7)16-19(17,18)10-2-1-5-15-11(10)14/h1-6,16H. The highest BCUT2D eigenvalue weighted by atomic mass is 35.5. The maximum atomic E-state index is 12.1. The van der Waals surface area contributed by atoms with Gasteiger partial charge in [0.15, 0.2) is 0 Å². The molecular formula is C11H7Cl3N2O2S. The van der Waals surface area contributed by atoms with Gasteiger partial charge in [0.05, 0.1) is 10.7 Å². The van der Waals surface area contributed by atoms with E-state index in [-0.39, 0.29) is 20.8 Å². The van der Waals surface area contributed by atoms with E-state index in [9.17, 15) is 8.42 Å². The van der Waals surface area contributed by atoms with E-state index >= 15 is 0 Å². The number of pyridine rings is 1. The molecule has 0 radical (unpaired) electrons. The molecule has 4 nitrogen and oxygen atoms in total. The lowest BCUT2D eigenvalue weighted by molar-refractivity contribution is 0.601. The highest BCUT2D eigenvalue weighted by Gasteiger charge is 2.19. The van der Waals surface area contributed by atoms with Crippen molar-refractivity contribution in [3.8, 4) is 0 Å². The number of benzene rings is 1. The molecule has 0 saturated carbocycles. The van der Waals surface area contributed by atoms with Crippen LogP contribution in [0.25, 0.3) is 0 Å². The van der Waals surface area contributed by atoms with E-state index in [1.165, 1.54) is 30.5 Å². The molecule has 1 aromatic heterocycles. The number of hydrogen-bond acceptors (Lipinski definition) is 3. The number of hydrogen-bond donors (Lipinski definition) is 1. The quantitative estimate of drug-likeness (QED) is 0.866. The Balaban J connectivity index is 2.43. The van der Waals surface area contributed by atoms with Gasteiger partial charge in [0.25, 0.3) is 10.0 Å². The molecule has 0 fully saturated rings. The van der Waals surface area contributed by atoms with Crippen LogP contribution in [0.4, 0.5) is 5.69 Å². The van der Waals surface area contributed by atoms with E-state index in [0.29, 0.717) is 5.02 Å². The molecule has 1 heterocycles. The second kappa shape index (κ2) is 5.54. The minimum atomic E-state index is -3.87. The molecule has 0 bridgehead atoms. The van der Waals surface area contributed by atoms with Crippen molar-refractivity contribution >= 4 is 50.5 Å². The normalized spacial score (nSPS) is 11.3. The topological polar surface area (TPSA) is 59.1 Å². The summed E-state index contributed by atoms with van der Waals surface area (Å²) in [4.78, 5) is 3.58. The molecule has 0 saturated heterocycles. The Morgan fingerprint density at radius 1 is 1.11 bits per heavy atom. The van der Waals surface area contributed by atoms with Gasteiger partial charge in [-0.25, -0.2) is 13.4 Å². The fourth-order valence-corrected chi connectivity index (χ4v) is 3.26. The molecule has 8 heteroatoms. The van der Waals surface area contributed by atoms with Crippen LogP contribution < -0.4 is 4.72 Å². The highest BCUT2D eigenvalue weighted by molar-refractivity contribution is 7.92. The van der Waals surface area contributed by atoms with E-state index in [2.05, 4.69) is 9.71 Å². The third kappa shape index (κ3) is 3.30. The van der Waals surface area contributed by atoms with Gasteiger partial charge in [0.2, 0.25) is 0 Å². The molecule has 2 rings (SSSR count). The van der Waals surface area contributed by atoms with Crippen molar-refractivity contribution in [1.82, 2.24) is 4.98 Å². The number of halogens is 3. The van der Waals surface area contributed by atoms with Gasteiger partial charge in [-0.1, -0.05) is 34.8 Å². The van der Waals surface area contributed by atoms with Crippen molar-refractivity contribution in [3.05, 3.63) is 51.7 Å². The van der Waals surface area contributed by atoms with E-state index in [0.717, 1.165) is 0 Å². The minimum absolute atomic E-state index is 0.117. The third-order valence-electron chi connectivity index (χ3n) is 2.19. The largest absolute Gasteiger partial charge is 0.278 e. The molecule has 0 aliphatic carbocycles. The van der Waals surface area contributed by atoms with Crippen LogP contribution in [0.3, 0.4) is 0 Å². The summed E-state index contributed by atoms with van der Waals surface area (Å²) >= 11 is 17.4. The fraction of sp³-hybridized carbons (Fsp3) is 0. The smallest absolute Gasteiger partial charge is 0.265 e. The first-order valence-electron chi connectivity index (χ1n) is 4.98. The molecule has 1 N–H and O–H groups in total. The van der Waals surface area contributed by atoms with Crippen molar-refractivity contribution in [3.63, 3.8) is 0 Å². The Kier molecular flexibility index (Phi) is 4.20. The van der Waals surface area contributed by atoms with Crippen molar-refractivity contribution in [2.24, 2.45) is 0 Å². The number of nitrogens with zero attached hydrogens (tertiary/aromatic N) is 1. The zero-order chi connectivity index (χ0) is 14.0. The summed E-state index contributed by atoms with van der Waals surface area (Å²) in [5.74, 6) is 0. The van der Waals surface area contributed by atoms with E-state index < -0.39 is 10.0 Å². The zero-order valence-corrected chi connectivity index (χ0v) is 12.4. The summed E-state index contributed by atoms with van der Waals surface area (Å²) in [6, 6.07) is 7.27. The summed E-state index contributed by atoms with van der Waals surface area (Å²) in [5, 5.41) is 0.473. The molecule has 0 atom stereocenters. The average molecular weight is 338 g/mol. The van der Waals surface area contributed by atoms with E-state index in [1.807, 2.05) is 0 Å². The molecule has 2 aromatic rings. The molecule has 0 aliphatic heterocycles. The third-order valence-corrected chi connectivity index (χ3v) is 4.56. The van der Waals surface area contributed by atoms with Gasteiger partial charge in [0.1, 0.15) is 10.0 Å². The van der Waals surface area contributed by atoms with Crippen LogP contribution in [0.1, 0.15) is 0 Å². The van der Waals surface area contributed by atoms with Crippen molar-refractivity contribution in [1.29, 1.82) is 0 Å². The predicted molar refractivity (Wildman–Crippen MR) is 76.5 cm³/mol. The number of anilines is 1. The monoisotopic (exact) mass is 336 g/mol. The Bertz CT molecular complexity index is 720. The molecule has 100 valence electrons. The first-order chi connectivity index (χ1) is 8.90. The minimum Gasteiger partial charge on any atom is -0.278 e. The molecular weight excluding hydrogens is 331 g/mol. The van der Waals surface area contributed by atoms with Crippen LogP contribution in [-0.4, -0.2) is 13.4 Å². The van der Waals surface area contributed by atoms with Gasteiger partial charge in [-0.2, -0.15) is 0 Å². The van der Waals surface area contributed by atoms with E-state index in [1.54, 1.807) is 6.07 Å². The summed E-state index contributed by atoms with van der Waals surface area (Å²) in [7, 11) is -3.87. The fourth-order valence-electron chi connectivity index (χ4n) is 1.35. The second-order valence-electron chi connectivity index (χ2n) is 3.52. The summed E-state index contributed by atoms with van der Waals surface area (Å²) in [5.41, 5.74) is 0.175. The molecule has 1 aromatic carbocycles. The summed E-state index contributed by atoms with van der Waals surface area (Å²) in [6.07, 6.45) is 1.40. The highest BCUT2D eigenvalue weighted by Crippen LogP contribution is 2.28. The van der Waals surface area contributed by atoms with Gasteiger partial charge in [0, 0.05) is 11.2 Å². The summed E-state index contributed by atoms with van der Waals surface area (Å²) in [6.45, 7) is 0. The van der Waals surface area contributed by atoms with Crippen LogP contribution in [0.15, 0.2) is 41.4 Å². The lowest BCUT2D eigenvalue weighted by atomic mass is 10.3. The Morgan fingerprint density at radius 2 is 1.84 bits per heavy atom. The second-order valence-corrected chi connectivity index (χ2v) is 6.37. The van der Waals surface area contributed by atoms with Crippen molar-refractivity contribution < 1.29 is 8.42 Å². The van der Waals surface area contributed by atoms with Crippen LogP contribution in [-0.2, 0) is 10.0 Å². The van der Waals surface area contributed by atoms with Crippen molar-refractivity contribution in [2.45, 2.75) is 4.90 Å². The van der Waals surface area contributed by atoms with Crippen LogP contribution in [0.5, 0.6) is 0 Å². The van der Waals surface area contributed by atoms with Gasteiger partial charge < -0.3 is 0 Å². The number of rotatable bonds is 3. The molecule has 0 spiro atoms. The van der Waals surface area contributed by atoms with Crippen LogP contribution >= 0.6 is 34.8 Å². The van der Waals surface area contributed by atoms with Gasteiger partial charge in [-0.3, -0.25) is 4.72 Å². The summed E-state index contributed by atoms with van der Waals surface area (Å²) < 4.78 is 26.6. The molecule has 0 amide bonds. The first kappa shape index (κ1) is 14.4. The van der Waals surface area contributed by atoms with Crippen molar-refractivity contribution in [2.75, 3.05) is 4.72 Å². The van der Waals surface area contributed by atoms with Gasteiger partial charge in [-0.15, -0.1) is 0 Å². The molecule has 19 heavy (non-hydrogen) atoms. The number of sulfonamides is 1. The predicted octanol–water partition coefficient (Wildman–Crippen LogP) is 3.84. The Labute approximate surface area is 125 Å². The van der Waals surface area contributed by atoms with E-state index in [4.69, 9.17) is 34.8 Å². The Morgan fingerprint density at radius 3 is 2.53 bits per heavy atom. The number of aromatic nitrogens is 1. The number of nitrogens with one attached hydrogen (secondary N) is 1. The Hall–Kier alpha value is -1.01. The first-order valence-corrected chi connectivity index (χ1v) is 7.60. The molecule has 0 aliphatic rings. The van der Waals surface area contributed by atoms with Gasteiger partial charge in [-0.05, 0) is 30.3 Å². The van der Waals surface area contributed by atoms with Crippen LogP contribution in [0.2, 0.25) is 15.2 Å². The maximum absolute atomic E-state index is 12.1. The maximum Gasteiger partial charge on any atom is 0.265 e. The molecule has 0 unspecified atom stereocenters.